The summed E-state index contributed by atoms with van der Waals surface area (Å²) in [5, 5.41) is 2.63. The Morgan fingerprint density at radius 2 is 1.87 bits per heavy atom. The number of anilines is 1. The smallest absolute Gasteiger partial charge is 0.416 e. The average Bonchev–Trinajstić information content (AvgIpc) is 2.69. The zero-order chi connectivity index (χ0) is 23.1. The van der Waals surface area contributed by atoms with Crippen molar-refractivity contribution < 1.29 is 31.1 Å². The van der Waals surface area contributed by atoms with Gasteiger partial charge >= 0.3 is 6.18 Å². The first-order valence-corrected chi connectivity index (χ1v) is 11.3. The van der Waals surface area contributed by atoms with E-state index in [1.807, 2.05) is 6.92 Å². The predicted octanol–water partition coefficient (Wildman–Crippen LogP) is 4.84. The molecule has 0 saturated carbocycles. The number of hydrogen-bond donors (Lipinski definition) is 2. The van der Waals surface area contributed by atoms with Crippen LogP contribution in [0.25, 0.3) is 0 Å². The number of hydrogen-bond acceptors (Lipinski definition) is 4. The second-order valence-electron chi connectivity index (χ2n) is 6.62. The molecule has 170 valence electrons. The van der Waals surface area contributed by atoms with E-state index in [-0.39, 0.29) is 33.9 Å². The van der Waals surface area contributed by atoms with Crippen molar-refractivity contribution in [3.8, 4) is 5.75 Å². The van der Waals surface area contributed by atoms with Crippen LogP contribution < -0.4 is 14.8 Å². The molecular weight excluding hydrogens is 457 g/mol. The van der Waals surface area contributed by atoms with Crippen LogP contribution in [-0.4, -0.2) is 27.5 Å². The monoisotopic (exact) mass is 478 g/mol. The molecule has 6 nitrogen and oxygen atoms in total. The van der Waals surface area contributed by atoms with Crippen molar-refractivity contribution in [3.63, 3.8) is 0 Å². The Labute approximate surface area is 183 Å². The van der Waals surface area contributed by atoms with Crippen molar-refractivity contribution in [2.75, 3.05) is 17.9 Å². The SMILES string of the molecule is CCCCCNC(=O)COc1ccc(S(=O)(=O)Nc2cccc(C(F)(F)F)c2)cc1Cl. The van der Waals surface area contributed by atoms with E-state index >= 15 is 0 Å². The number of carbonyl (C=O) groups excluding carboxylic acids is 1. The number of benzene rings is 2. The Hall–Kier alpha value is -2.46. The van der Waals surface area contributed by atoms with E-state index in [0.717, 1.165) is 37.5 Å². The molecule has 0 saturated heterocycles. The molecule has 0 aromatic heterocycles. The zero-order valence-electron chi connectivity index (χ0n) is 16.6. The number of alkyl halides is 3. The molecule has 2 rings (SSSR count). The first-order chi connectivity index (χ1) is 14.5. The zero-order valence-corrected chi connectivity index (χ0v) is 18.2. The van der Waals surface area contributed by atoms with Gasteiger partial charge in [0.05, 0.1) is 15.5 Å². The van der Waals surface area contributed by atoms with E-state index in [9.17, 15) is 26.4 Å². The predicted molar refractivity (Wildman–Crippen MR) is 112 cm³/mol. The fourth-order valence-corrected chi connectivity index (χ4v) is 3.91. The third-order valence-electron chi connectivity index (χ3n) is 4.12. The van der Waals surface area contributed by atoms with E-state index in [4.69, 9.17) is 16.3 Å². The Bertz CT molecular complexity index is 1010. The maximum atomic E-state index is 12.8. The highest BCUT2D eigenvalue weighted by atomic mass is 35.5. The Kier molecular flexibility index (Phi) is 8.58. The van der Waals surface area contributed by atoms with E-state index in [0.29, 0.717) is 12.6 Å². The second-order valence-corrected chi connectivity index (χ2v) is 8.71. The van der Waals surface area contributed by atoms with Crippen LogP contribution in [-0.2, 0) is 21.0 Å². The minimum Gasteiger partial charge on any atom is -0.482 e. The van der Waals surface area contributed by atoms with Crippen LogP contribution >= 0.6 is 11.6 Å². The van der Waals surface area contributed by atoms with Gasteiger partial charge in [0, 0.05) is 12.2 Å². The number of carbonyl (C=O) groups is 1. The molecule has 0 heterocycles. The summed E-state index contributed by atoms with van der Waals surface area (Å²) in [5.41, 5.74) is -1.23. The highest BCUT2D eigenvalue weighted by Gasteiger charge is 2.30. The van der Waals surface area contributed by atoms with Crippen LogP contribution in [0.15, 0.2) is 47.4 Å². The van der Waals surface area contributed by atoms with Gasteiger partial charge < -0.3 is 10.1 Å². The summed E-state index contributed by atoms with van der Waals surface area (Å²) in [4.78, 5) is 11.5. The standard InChI is InChI=1S/C20H22ClF3N2O4S/c1-2-3-4-10-25-19(27)13-30-18-9-8-16(12-17(18)21)31(28,29)26-15-7-5-6-14(11-15)20(22,23)24/h5-9,11-12,26H,2-4,10,13H2,1H3,(H,25,27). The Balaban J connectivity index is 2.04. The van der Waals surface area contributed by atoms with Crippen LogP contribution in [0.2, 0.25) is 5.02 Å². The highest BCUT2D eigenvalue weighted by Crippen LogP contribution is 2.32. The van der Waals surface area contributed by atoms with Crippen molar-refractivity contribution >= 4 is 33.2 Å². The lowest BCUT2D eigenvalue weighted by molar-refractivity contribution is -0.137. The van der Waals surface area contributed by atoms with Gasteiger partial charge in [-0.2, -0.15) is 13.2 Å². The van der Waals surface area contributed by atoms with Crippen LogP contribution in [0.5, 0.6) is 5.75 Å². The molecule has 2 N–H and O–H groups in total. The first-order valence-electron chi connectivity index (χ1n) is 9.42. The largest absolute Gasteiger partial charge is 0.482 e. The van der Waals surface area contributed by atoms with Crippen LogP contribution in [0.1, 0.15) is 31.7 Å². The summed E-state index contributed by atoms with van der Waals surface area (Å²) >= 11 is 6.05. The third kappa shape index (κ3) is 7.62. The number of halogens is 4. The van der Waals surface area contributed by atoms with Gasteiger partial charge in [0.15, 0.2) is 6.61 Å². The topological polar surface area (TPSA) is 84.5 Å². The summed E-state index contributed by atoms with van der Waals surface area (Å²) in [6.07, 6.45) is -1.72. The lowest BCUT2D eigenvalue weighted by Gasteiger charge is -2.13. The van der Waals surface area contributed by atoms with Crippen LogP contribution in [0.4, 0.5) is 18.9 Å². The molecule has 0 aliphatic carbocycles. The van der Waals surface area contributed by atoms with E-state index in [1.54, 1.807) is 0 Å². The summed E-state index contributed by atoms with van der Waals surface area (Å²) in [7, 11) is -4.20. The number of nitrogens with one attached hydrogen (secondary N) is 2. The molecule has 0 radical (unpaired) electrons. The van der Waals surface area contributed by atoms with E-state index in [1.165, 1.54) is 18.2 Å². The van der Waals surface area contributed by atoms with Gasteiger partial charge in [-0.25, -0.2) is 8.42 Å². The van der Waals surface area contributed by atoms with Crippen molar-refractivity contribution in [2.24, 2.45) is 0 Å². The molecule has 1 amide bonds. The molecule has 2 aromatic carbocycles. The molecule has 0 fully saturated rings. The second kappa shape index (κ2) is 10.7. The molecule has 0 atom stereocenters. The van der Waals surface area contributed by atoms with Gasteiger partial charge in [0.2, 0.25) is 0 Å². The molecule has 0 spiro atoms. The lowest BCUT2D eigenvalue weighted by atomic mass is 10.2. The van der Waals surface area contributed by atoms with Gasteiger partial charge in [-0.3, -0.25) is 9.52 Å². The Morgan fingerprint density at radius 3 is 2.52 bits per heavy atom. The first kappa shape index (κ1) is 24.8. The number of sulfonamides is 1. The number of rotatable bonds is 10. The summed E-state index contributed by atoms with van der Waals surface area (Å²) in [5.74, 6) is -0.238. The van der Waals surface area contributed by atoms with Gasteiger partial charge in [-0.05, 0) is 42.8 Å². The van der Waals surface area contributed by atoms with Gasteiger partial charge in [0.25, 0.3) is 15.9 Å². The van der Waals surface area contributed by atoms with Crippen LogP contribution in [0, 0.1) is 0 Å². The maximum Gasteiger partial charge on any atom is 0.416 e. The summed E-state index contributed by atoms with van der Waals surface area (Å²) < 4.78 is 70.9. The summed E-state index contributed by atoms with van der Waals surface area (Å²) in [6.45, 7) is 2.29. The minimum atomic E-state index is -4.61. The lowest BCUT2D eigenvalue weighted by Crippen LogP contribution is -2.29. The van der Waals surface area contributed by atoms with Crippen molar-refractivity contribution in [1.29, 1.82) is 0 Å². The quantitative estimate of drug-likeness (QED) is 0.478. The fourth-order valence-electron chi connectivity index (χ4n) is 2.54. The molecule has 0 unspecified atom stereocenters. The maximum absolute atomic E-state index is 12.8. The Morgan fingerprint density at radius 1 is 1.13 bits per heavy atom. The molecule has 0 bridgehead atoms. The van der Waals surface area contributed by atoms with E-state index in [2.05, 4.69) is 10.0 Å². The van der Waals surface area contributed by atoms with Crippen molar-refractivity contribution in [2.45, 2.75) is 37.3 Å². The molecule has 11 heteroatoms. The number of ether oxygens (including phenoxy) is 1. The number of unbranched alkanes of at least 4 members (excludes halogenated alkanes) is 2. The van der Waals surface area contributed by atoms with Gasteiger partial charge in [-0.1, -0.05) is 37.4 Å². The van der Waals surface area contributed by atoms with Crippen molar-refractivity contribution in [3.05, 3.63) is 53.1 Å². The molecule has 31 heavy (non-hydrogen) atoms. The third-order valence-corrected chi connectivity index (χ3v) is 5.79. The minimum absolute atomic E-state index is 0.0642. The normalized spacial score (nSPS) is 11.8. The molecule has 0 aliphatic rings. The van der Waals surface area contributed by atoms with Crippen molar-refractivity contribution in [1.82, 2.24) is 5.32 Å². The average molecular weight is 479 g/mol. The fraction of sp³-hybridized carbons (Fsp3) is 0.350. The van der Waals surface area contributed by atoms with E-state index < -0.39 is 21.8 Å². The van der Waals surface area contributed by atoms with Gasteiger partial charge in [-0.15, -0.1) is 0 Å². The molecule has 0 aliphatic heterocycles. The molecular formula is C20H22ClF3N2O4S. The molecule has 2 aromatic rings. The van der Waals surface area contributed by atoms with Gasteiger partial charge in [0.1, 0.15) is 5.75 Å². The highest BCUT2D eigenvalue weighted by molar-refractivity contribution is 7.92. The van der Waals surface area contributed by atoms with Crippen LogP contribution in [0.3, 0.4) is 0 Å². The summed E-state index contributed by atoms with van der Waals surface area (Å²) in [6, 6.07) is 7.36. The number of amides is 1.